The van der Waals surface area contributed by atoms with Crippen LogP contribution in [0.15, 0.2) is 80.0 Å². The van der Waals surface area contributed by atoms with Gasteiger partial charge in [0.15, 0.2) is 0 Å². The molecule has 0 aliphatic heterocycles. The summed E-state index contributed by atoms with van der Waals surface area (Å²) in [6.07, 6.45) is -0.162. The van der Waals surface area contributed by atoms with Crippen molar-refractivity contribution in [3.8, 4) is 5.69 Å². The molecule has 6 nitrogen and oxygen atoms in total. The minimum atomic E-state index is -4.00. The summed E-state index contributed by atoms with van der Waals surface area (Å²) in [7, 11) is -4.00. The first kappa shape index (κ1) is 23.8. The summed E-state index contributed by atoms with van der Waals surface area (Å²) >= 11 is 14.5. The number of amides is 1. The molecule has 0 atom stereocenters. The van der Waals surface area contributed by atoms with Crippen molar-refractivity contribution < 1.29 is 13.2 Å². The molecule has 0 bridgehead atoms. The van der Waals surface area contributed by atoms with E-state index >= 15 is 0 Å². The Hall–Kier alpha value is -2.30. The maximum absolute atomic E-state index is 12.8. The van der Waals surface area contributed by atoms with Crippen molar-refractivity contribution in [2.45, 2.75) is 26.7 Å². The van der Waals surface area contributed by atoms with Crippen molar-refractivity contribution in [2.24, 2.45) is 0 Å². The molecule has 2 heterocycles. The number of nitrogens with zero attached hydrogens (tertiary/aromatic N) is 2. The SMILES string of the molecule is Cc1cc(CC(=O)NS(=O)(=O)c2ccc(Sc3ccc(Cl)cc3)s2)n(-c2cccc(Cl)c2)n1. The Morgan fingerprint density at radius 3 is 2.55 bits per heavy atom. The molecule has 2 aromatic carbocycles. The lowest BCUT2D eigenvalue weighted by molar-refractivity contribution is -0.118. The van der Waals surface area contributed by atoms with Gasteiger partial charge in [-0.1, -0.05) is 41.0 Å². The van der Waals surface area contributed by atoms with Crippen LogP contribution >= 0.6 is 46.3 Å². The number of hydrogen-bond acceptors (Lipinski definition) is 6. The third kappa shape index (κ3) is 5.99. The van der Waals surface area contributed by atoms with E-state index in [1.807, 2.05) is 18.2 Å². The highest BCUT2D eigenvalue weighted by molar-refractivity contribution is 8.01. The highest BCUT2D eigenvalue weighted by Gasteiger charge is 2.22. The van der Waals surface area contributed by atoms with Gasteiger partial charge < -0.3 is 0 Å². The molecule has 1 amide bonds. The zero-order valence-corrected chi connectivity index (χ0v) is 21.1. The summed E-state index contributed by atoms with van der Waals surface area (Å²) in [5.41, 5.74) is 1.93. The number of rotatable bonds is 7. The van der Waals surface area contributed by atoms with Crippen molar-refractivity contribution in [1.82, 2.24) is 14.5 Å². The van der Waals surface area contributed by atoms with E-state index in [0.717, 1.165) is 20.4 Å². The largest absolute Gasteiger partial charge is 0.274 e. The summed E-state index contributed by atoms with van der Waals surface area (Å²) in [5, 5.41) is 5.56. The molecule has 0 saturated heterocycles. The third-order valence-electron chi connectivity index (χ3n) is 4.40. The van der Waals surface area contributed by atoms with Crippen LogP contribution in [-0.2, 0) is 21.2 Å². The van der Waals surface area contributed by atoms with Crippen molar-refractivity contribution in [1.29, 1.82) is 0 Å². The molecule has 0 saturated carbocycles. The Labute approximate surface area is 209 Å². The first-order valence-corrected chi connectivity index (χ1v) is 13.5. The molecular formula is C22H17Cl2N3O3S3. The number of aromatic nitrogens is 2. The van der Waals surface area contributed by atoms with Crippen LogP contribution in [0.4, 0.5) is 0 Å². The number of carbonyl (C=O) groups is 1. The number of carbonyl (C=O) groups excluding carboxylic acids is 1. The molecule has 0 aliphatic rings. The van der Waals surface area contributed by atoms with E-state index in [0.29, 0.717) is 27.1 Å². The average molecular weight is 539 g/mol. The summed E-state index contributed by atoms with van der Waals surface area (Å²) in [4.78, 5) is 13.5. The maximum Gasteiger partial charge on any atom is 0.273 e. The molecule has 4 rings (SSSR count). The summed E-state index contributed by atoms with van der Waals surface area (Å²) < 4.78 is 30.1. The van der Waals surface area contributed by atoms with E-state index in [4.69, 9.17) is 23.2 Å². The molecule has 0 fully saturated rings. The molecule has 170 valence electrons. The number of hydrogen-bond donors (Lipinski definition) is 1. The van der Waals surface area contributed by atoms with E-state index in [1.165, 1.54) is 17.8 Å². The van der Waals surface area contributed by atoms with Gasteiger partial charge >= 0.3 is 0 Å². The lowest BCUT2D eigenvalue weighted by Crippen LogP contribution is -2.31. The molecule has 0 aliphatic carbocycles. The molecule has 0 spiro atoms. The van der Waals surface area contributed by atoms with Crippen molar-refractivity contribution in [3.63, 3.8) is 0 Å². The number of thiophene rings is 1. The maximum atomic E-state index is 12.8. The lowest BCUT2D eigenvalue weighted by atomic mass is 10.2. The number of nitrogens with one attached hydrogen (secondary N) is 1. The van der Waals surface area contributed by atoms with Gasteiger partial charge in [-0.2, -0.15) is 5.10 Å². The minimum Gasteiger partial charge on any atom is -0.274 e. The second kappa shape index (κ2) is 9.90. The Morgan fingerprint density at radius 2 is 1.82 bits per heavy atom. The highest BCUT2D eigenvalue weighted by atomic mass is 35.5. The fourth-order valence-electron chi connectivity index (χ4n) is 3.03. The summed E-state index contributed by atoms with van der Waals surface area (Å²) in [6.45, 7) is 1.80. The number of sulfonamides is 1. The standard InChI is InChI=1S/C22H17Cl2N3O3S3/c1-14-11-18(27(25-14)17-4-2-3-16(24)12-17)13-20(28)26-33(29,30)22-10-9-21(32-22)31-19-7-5-15(23)6-8-19/h2-12H,13H2,1H3,(H,26,28). The monoisotopic (exact) mass is 537 g/mol. The predicted octanol–water partition coefficient (Wildman–Crippen LogP) is 5.75. The summed E-state index contributed by atoms with van der Waals surface area (Å²) in [6, 6.07) is 19.2. The predicted molar refractivity (Wildman–Crippen MR) is 132 cm³/mol. The minimum absolute atomic E-state index is 0.0619. The molecule has 0 radical (unpaired) electrons. The van der Waals surface area contributed by atoms with Crippen LogP contribution in [0.5, 0.6) is 0 Å². The van der Waals surface area contributed by atoms with Crippen LogP contribution in [0.2, 0.25) is 10.0 Å². The van der Waals surface area contributed by atoms with Gasteiger partial charge in [0.25, 0.3) is 10.0 Å². The van der Waals surface area contributed by atoms with Gasteiger partial charge in [-0.3, -0.25) is 4.79 Å². The molecular weight excluding hydrogens is 521 g/mol. The normalized spacial score (nSPS) is 11.5. The zero-order chi connectivity index (χ0) is 23.6. The van der Waals surface area contributed by atoms with E-state index in [1.54, 1.807) is 54.1 Å². The average Bonchev–Trinajstić information content (AvgIpc) is 3.36. The van der Waals surface area contributed by atoms with Crippen molar-refractivity contribution in [3.05, 3.63) is 88.2 Å². The Kier molecular flexibility index (Phi) is 7.16. The highest BCUT2D eigenvalue weighted by Crippen LogP contribution is 2.35. The molecule has 2 aromatic heterocycles. The fourth-order valence-corrected chi connectivity index (χ4v) is 6.89. The Morgan fingerprint density at radius 1 is 1.06 bits per heavy atom. The van der Waals surface area contributed by atoms with Gasteiger partial charge in [0.1, 0.15) is 4.21 Å². The second-order valence-corrected chi connectivity index (χ2v) is 12.2. The van der Waals surface area contributed by atoms with Crippen LogP contribution in [0.25, 0.3) is 5.69 Å². The quantitative estimate of drug-likeness (QED) is 0.324. The first-order chi connectivity index (χ1) is 15.7. The third-order valence-corrected chi connectivity index (χ3v) is 8.98. The molecule has 0 unspecified atom stereocenters. The molecule has 4 aromatic rings. The van der Waals surface area contributed by atoms with Crippen molar-refractivity contribution in [2.75, 3.05) is 0 Å². The van der Waals surface area contributed by atoms with Gasteiger partial charge in [0.05, 0.1) is 27.7 Å². The van der Waals surface area contributed by atoms with Gasteiger partial charge in [-0.25, -0.2) is 17.8 Å². The molecule has 1 N–H and O–H groups in total. The number of halogens is 2. The van der Waals surface area contributed by atoms with E-state index in [2.05, 4.69) is 9.82 Å². The lowest BCUT2D eigenvalue weighted by Gasteiger charge is -2.08. The smallest absolute Gasteiger partial charge is 0.273 e. The topological polar surface area (TPSA) is 81.1 Å². The van der Waals surface area contributed by atoms with Gasteiger partial charge in [-0.15, -0.1) is 11.3 Å². The number of benzene rings is 2. The second-order valence-electron chi connectivity index (χ2n) is 7.00. The molecule has 11 heteroatoms. The van der Waals surface area contributed by atoms with Crippen molar-refractivity contribution >= 4 is 62.2 Å². The Balaban J connectivity index is 1.47. The van der Waals surface area contributed by atoms with E-state index in [-0.39, 0.29) is 10.6 Å². The van der Waals surface area contributed by atoms with Crippen LogP contribution in [0.1, 0.15) is 11.4 Å². The van der Waals surface area contributed by atoms with Crippen LogP contribution in [-0.4, -0.2) is 24.1 Å². The van der Waals surface area contributed by atoms with Gasteiger partial charge in [-0.05, 0) is 67.6 Å². The van der Waals surface area contributed by atoms with E-state index < -0.39 is 15.9 Å². The van der Waals surface area contributed by atoms with E-state index in [9.17, 15) is 13.2 Å². The van der Waals surface area contributed by atoms with Crippen LogP contribution < -0.4 is 4.72 Å². The zero-order valence-electron chi connectivity index (χ0n) is 17.2. The first-order valence-electron chi connectivity index (χ1n) is 9.60. The Bertz CT molecular complexity index is 1410. The fraction of sp³-hybridized carbons (Fsp3) is 0.0909. The van der Waals surface area contributed by atoms with Gasteiger partial charge in [0.2, 0.25) is 5.91 Å². The molecule has 33 heavy (non-hydrogen) atoms. The summed E-state index contributed by atoms with van der Waals surface area (Å²) in [5.74, 6) is -0.654. The van der Waals surface area contributed by atoms with Gasteiger partial charge in [0, 0.05) is 14.9 Å². The number of aryl methyl sites for hydroxylation is 1. The van der Waals surface area contributed by atoms with Crippen LogP contribution in [0, 0.1) is 6.92 Å². The van der Waals surface area contributed by atoms with Crippen LogP contribution in [0.3, 0.4) is 0 Å².